The second-order valence-electron chi connectivity index (χ2n) is 6.07. The first-order valence-corrected chi connectivity index (χ1v) is 9.18. The van der Waals surface area contributed by atoms with Crippen molar-refractivity contribution in [2.24, 2.45) is 0 Å². The number of aryl methyl sites for hydroxylation is 3. The number of para-hydroxylation sites is 1. The Morgan fingerprint density at radius 1 is 1.17 bits per heavy atom. The minimum absolute atomic E-state index is 0.0265. The number of anilines is 1. The Hall–Kier alpha value is -1.74. The second-order valence-corrected chi connectivity index (χ2v) is 7.31. The summed E-state index contributed by atoms with van der Waals surface area (Å²) in [6, 6.07) is 12.8. The zero-order valence-corrected chi connectivity index (χ0v) is 14.8. The van der Waals surface area contributed by atoms with Crippen molar-refractivity contribution in [3.05, 3.63) is 58.7 Å². The smallest absolute Gasteiger partial charge is 0.238 e. The Morgan fingerprint density at radius 2 is 1.87 bits per heavy atom. The van der Waals surface area contributed by atoms with Crippen molar-refractivity contribution in [1.82, 2.24) is 0 Å². The van der Waals surface area contributed by atoms with Crippen molar-refractivity contribution in [3.63, 3.8) is 0 Å². The third-order valence-electron chi connectivity index (χ3n) is 4.44. The first kappa shape index (κ1) is 16.1. The number of carbonyl (C=O) groups excluding carboxylic acids is 1. The van der Waals surface area contributed by atoms with Gasteiger partial charge in [0.05, 0.1) is 5.25 Å². The third kappa shape index (κ3) is 3.30. The lowest BCUT2D eigenvalue weighted by molar-refractivity contribution is -0.115. The molecule has 2 nitrogen and oxygen atoms in total. The molecule has 23 heavy (non-hydrogen) atoms. The number of rotatable bonds is 4. The Balaban J connectivity index is 1.79. The van der Waals surface area contributed by atoms with Crippen LogP contribution in [0.1, 0.15) is 36.1 Å². The van der Waals surface area contributed by atoms with Gasteiger partial charge in [-0.3, -0.25) is 4.79 Å². The molecule has 1 aliphatic rings. The van der Waals surface area contributed by atoms with E-state index in [0.29, 0.717) is 0 Å². The summed E-state index contributed by atoms with van der Waals surface area (Å²) in [6.07, 6.45) is 2.68. The zero-order chi connectivity index (χ0) is 16.4. The highest BCUT2D eigenvalue weighted by Gasteiger charge is 2.29. The molecular weight excluding hydrogens is 302 g/mol. The summed E-state index contributed by atoms with van der Waals surface area (Å²) in [5, 5.41) is 3.19. The van der Waals surface area contributed by atoms with Gasteiger partial charge in [-0.2, -0.15) is 0 Å². The topological polar surface area (TPSA) is 29.1 Å². The van der Waals surface area contributed by atoms with Crippen molar-refractivity contribution in [2.45, 2.75) is 50.2 Å². The molecule has 1 amide bonds. The fourth-order valence-electron chi connectivity index (χ4n) is 3.09. The standard InChI is InChI=1S/C20H23NOS/c1-4-14-7-6-8-15(5-2)19(14)21-20(22)18-12-16-10-9-13(3)11-17(16)23-18/h6-11,18H,4-5,12H2,1-3H3,(H,21,22)/t18-/m1/s1. The Labute approximate surface area is 142 Å². The highest BCUT2D eigenvalue weighted by atomic mass is 32.2. The van der Waals surface area contributed by atoms with E-state index in [0.717, 1.165) is 24.9 Å². The lowest BCUT2D eigenvalue weighted by atomic mass is 10.0. The normalized spacial score (nSPS) is 16.2. The molecule has 0 spiro atoms. The monoisotopic (exact) mass is 325 g/mol. The summed E-state index contributed by atoms with van der Waals surface area (Å²) in [6.45, 7) is 6.36. The molecular formula is C20H23NOS. The molecule has 0 radical (unpaired) electrons. The maximum atomic E-state index is 12.8. The predicted octanol–water partition coefficient (Wildman–Crippen LogP) is 4.78. The van der Waals surface area contributed by atoms with E-state index in [4.69, 9.17) is 0 Å². The van der Waals surface area contributed by atoms with Crippen LogP contribution < -0.4 is 5.32 Å². The number of hydrogen-bond donors (Lipinski definition) is 1. The number of carbonyl (C=O) groups is 1. The summed E-state index contributed by atoms with van der Waals surface area (Å²) in [5.41, 5.74) is 6.00. The Bertz CT molecular complexity index is 716. The molecule has 0 bridgehead atoms. The molecule has 1 heterocycles. The van der Waals surface area contributed by atoms with Crippen molar-refractivity contribution in [2.75, 3.05) is 5.32 Å². The molecule has 2 aromatic rings. The van der Waals surface area contributed by atoms with Crippen LogP contribution in [0.15, 0.2) is 41.3 Å². The van der Waals surface area contributed by atoms with Crippen LogP contribution in [0.4, 0.5) is 5.69 Å². The molecule has 0 saturated heterocycles. The summed E-state index contributed by atoms with van der Waals surface area (Å²) in [5.74, 6) is 0.124. The number of thioether (sulfide) groups is 1. The van der Waals surface area contributed by atoms with E-state index < -0.39 is 0 Å². The molecule has 0 aliphatic carbocycles. The molecule has 0 unspecified atom stereocenters. The molecule has 0 aromatic heterocycles. The van der Waals surface area contributed by atoms with Crippen molar-refractivity contribution >= 4 is 23.4 Å². The highest BCUT2D eigenvalue weighted by Crippen LogP contribution is 2.38. The second kappa shape index (κ2) is 6.79. The molecule has 120 valence electrons. The largest absolute Gasteiger partial charge is 0.325 e. The third-order valence-corrected chi connectivity index (χ3v) is 5.74. The number of nitrogens with one attached hydrogen (secondary N) is 1. The maximum Gasteiger partial charge on any atom is 0.238 e. The van der Waals surface area contributed by atoms with Crippen molar-refractivity contribution in [1.29, 1.82) is 0 Å². The van der Waals surface area contributed by atoms with Gasteiger partial charge in [0, 0.05) is 10.6 Å². The van der Waals surface area contributed by atoms with E-state index in [1.807, 2.05) is 0 Å². The quantitative estimate of drug-likeness (QED) is 0.877. The van der Waals surface area contributed by atoms with Crippen molar-refractivity contribution in [3.8, 4) is 0 Å². The number of amides is 1. The van der Waals surface area contributed by atoms with Gasteiger partial charge < -0.3 is 5.32 Å². The Kier molecular flexibility index (Phi) is 4.76. The van der Waals surface area contributed by atoms with Crippen LogP contribution in [-0.4, -0.2) is 11.2 Å². The summed E-state index contributed by atoms with van der Waals surface area (Å²) < 4.78 is 0. The average Bonchev–Trinajstić information content (AvgIpc) is 2.98. The van der Waals surface area contributed by atoms with Crippen LogP contribution in [-0.2, 0) is 24.1 Å². The molecule has 2 aromatic carbocycles. The van der Waals surface area contributed by atoms with E-state index in [1.165, 1.54) is 27.1 Å². The SMILES string of the molecule is CCc1cccc(CC)c1NC(=O)[C@H]1Cc2ccc(C)cc2S1. The van der Waals surface area contributed by atoms with Crippen molar-refractivity contribution < 1.29 is 4.79 Å². The van der Waals surface area contributed by atoms with Gasteiger partial charge in [0.15, 0.2) is 0 Å². The first-order chi connectivity index (χ1) is 11.1. The summed E-state index contributed by atoms with van der Waals surface area (Å²) in [4.78, 5) is 14.0. The van der Waals surface area contributed by atoms with E-state index in [9.17, 15) is 4.79 Å². The van der Waals surface area contributed by atoms with Crippen LogP contribution in [0.3, 0.4) is 0 Å². The van der Waals surface area contributed by atoms with Crippen LogP contribution in [0, 0.1) is 6.92 Å². The molecule has 3 rings (SSSR count). The molecule has 0 fully saturated rings. The van der Waals surface area contributed by atoms with Gasteiger partial charge in [-0.05, 0) is 48.9 Å². The predicted molar refractivity (Wildman–Crippen MR) is 98.4 cm³/mol. The van der Waals surface area contributed by atoms with Crippen LogP contribution in [0.2, 0.25) is 0 Å². The average molecular weight is 325 g/mol. The fraction of sp³-hybridized carbons (Fsp3) is 0.350. The zero-order valence-electron chi connectivity index (χ0n) is 14.0. The van der Waals surface area contributed by atoms with Gasteiger partial charge in [-0.1, -0.05) is 49.7 Å². The Morgan fingerprint density at radius 3 is 2.52 bits per heavy atom. The lowest BCUT2D eigenvalue weighted by Crippen LogP contribution is -2.25. The number of fused-ring (bicyclic) bond motifs is 1. The fourth-order valence-corrected chi connectivity index (χ4v) is 4.38. The number of benzene rings is 2. The van der Waals surface area contributed by atoms with Crippen LogP contribution >= 0.6 is 11.8 Å². The highest BCUT2D eigenvalue weighted by molar-refractivity contribution is 8.01. The summed E-state index contributed by atoms with van der Waals surface area (Å²) >= 11 is 1.69. The summed E-state index contributed by atoms with van der Waals surface area (Å²) in [7, 11) is 0. The molecule has 1 aliphatic heterocycles. The molecule has 3 heteroatoms. The number of hydrogen-bond acceptors (Lipinski definition) is 2. The van der Waals surface area contributed by atoms with E-state index >= 15 is 0 Å². The van der Waals surface area contributed by atoms with Gasteiger partial charge in [-0.15, -0.1) is 11.8 Å². The molecule has 1 N–H and O–H groups in total. The minimum Gasteiger partial charge on any atom is -0.325 e. The van der Waals surface area contributed by atoms with Gasteiger partial charge in [0.25, 0.3) is 0 Å². The molecule has 1 atom stereocenters. The maximum absolute atomic E-state index is 12.8. The van der Waals surface area contributed by atoms with Gasteiger partial charge >= 0.3 is 0 Å². The van der Waals surface area contributed by atoms with Gasteiger partial charge in [0.2, 0.25) is 5.91 Å². The first-order valence-electron chi connectivity index (χ1n) is 8.30. The van der Waals surface area contributed by atoms with E-state index in [2.05, 4.69) is 62.5 Å². The van der Waals surface area contributed by atoms with E-state index in [-0.39, 0.29) is 11.2 Å². The lowest BCUT2D eigenvalue weighted by Gasteiger charge is -2.16. The van der Waals surface area contributed by atoms with E-state index in [1.54, 1.807) is 11.8 Å². The van der Waals surface area contributed by atoms with Gasteiger partial charge in [0.1, 0.15) is 0 Å². The van der Waals surface area contributed by atoms with Crippen LogP contribution in [0.25, 0.3) is 0 Å². The minimum atomic E-state index is -0.0265. The van der Waals surface area contributed by atoms with Crippen LogP contribution in [0.5, 0.6) is 0 Å². The van der Waals surface area contributed by atoms with Gasteiger partial charge in [-0.25, -0.2) is 0 Å². The molecule has 0 saturated carbocycles.